The number of rotatable bonds is 10. The number of piperazine rings is 1. The Morgan fingerprint density at radius 1 is 1.02 bits per heavy atom. The summed E-state index contributed by atoms with van der Waals surface area (Å²) in [7, 11) is 1.71. The Bertz CT molecular complexity index is 1360. The molecule has 0 aromatic heterocycles. The average Bonchev–Trinajstić information content (AvgIpc) is 3.37. The maximum atomic E-state index is 14.4. The number of hydrogen-bond donors (Lipinski definition) is 2. The Labute approximate surface area is 265 Å². The molecule has 2 aromatic rings. The van der Waals surface area contributed by atoms with Crippen molar-refractivity contribution in [2.45, 2.75) is 83.1 Å². The van der Waals surface area contributed by atoms with E-state index in [1.54, 1.807) is 28.7 Å². The zero-order valence-corrected chi connectivity index (χ0v) is 26.7. The number of hydrogen-bond acceptors (Lipinski definition) is 5. The molecule has 1 aliphatic carbocycles. The molecule has 2 heterocycles. The number of nitrogens with zero attached hydrogens (tertiary/aromatic N) is 3. The Morgan fingerprint density at radius 3 is 2.41 bits per heavy atom. The topological polar surface area (TPSA) is 102 Å². The van der Waals surface area contributed by atoms with E-state index < -0.39 is 24.3 Å². The molecule has 1 saturated carbocycles. The van der Waals surface area contributed by atoms with Gasteiger partial charge in [0, 0.05) is 18.0 Å². The highest BCUT2D eigenvalue weighted by Crippen LogP contribution is 2.32. The van der Waals surface area contributed by atoms with Crippen LogP contribution in [0, 0.1) is 12.8 Å². The summed E-state index contributed by atoms with van der Waals surface area (Å²) >= 11 is 6.43. The molecular weight excluding hydrogens is 578 g/mol. The second kappa shape index (κ2) is 14.1. The van der Waals surface area contributed by atoms with Crippen LogP contribution in [-0.2, 0) is 32.0 Å². The highest BCUT2D eigenvalue weighted by molar-refractivity contribution is 6.31. The molecule has 0 radical (unpaired) electrons. The van der Waals surface area contributed by atoms with Crippen LogP contribution < -0.4 is 10.6 Å². The van der Waals surface area contributed by atoms with Gasteiger partial charge in [0.2, 0.25) is 23.6 Å². The number of likely N-dealkylation sites (N-methyl/N-ethyl adjacent to an activating group) is 1. The van der Waals surface area contributed by atoms with Gasteiger partial charge in [-0.05, 0) is 63.3 Å². The highest BCUT2D eigenvalue weighted by atomic mass is 35.5. The summed E-state index contributed by atoms with van der Waals surface area (Å²) in [6, 6.07) is 13.6. The number of aryl methyl sites for hydroxylation is 1. The number of nitrogens with one attached hydrogen (secondary N) is 2. The van der Waals surface area contributed by atoms with E-state index >= 15 is 0 Å². The van der Waals surface area contributed by atoms with E-state index in [0.717, 1.165) is 48.8 Å². The van der Waals surface area contributed by atoms with Crippen molar-refractivity contribution in [1.29, 1.82) is 0 Å². The third-order valence-corrected chi connectivity index (χ3v) is 9.91. The summed E-state index contributed by atoms with van der Waals surface area (Å²) in [4.78, 5) is 60.2. The van der Waals surface area contributed by atoms with Crippen LogP contribution in [0.5, 0.6) is 0 Å². The minimum Gasteiger partial charge on any atom is -0.343 e. The van der Waals surface area contributed by atoms with Gasteiger partial charge >= 0.3 is 0 Å². The third kappa shape index (κ3) is 6.94. The second-order valence-corrected chi connectivity index (χ2v) is 12.9. The average molecular weight is 622 g/mol. The minimum atomic E-state index is -0.736. The van der Waals surface area contributed by atoms with Crippen molar-refractivity contribution in [1.82, 2.24) is 25.3 Å². The lowest BCUT2D eigenvalue weighted by Gasteiger charge is -2.45. The van der Waals surface area contributed by atoms with Crippen LogP contribution in [0.2, 0.25) is 5.02 Å². The maximum absolute atomic E-state index is 14.4. The summed E-state index contributed by atoms with van der Waals surface area (Å²) in [6.45, 7) is 4.28. The first-order valence-corrected chi connectivity index (χ1v) is 16.2. The van der Waals surface area contributed by atoms with E-state index in [-0.39, 0.29) is 42.6 Å². The molecular formula is C34H44ClN5O4. The highest BCUT2D eigenvalue weighted by Gasteiger charge is 2.52. The molecule has 3 aliphatic rings. The Morgan fingerprint density at radius 2 is 1.73 bits per heavy atom. The quantitative estimate of drug-likeness (QED) is 0.424. The van der Waals surface area contributed by atoms with Gasteiger partial charge in [-0.3, -0.25) is 19.2 Å². The van der Waals surface area contributed by atoms with Crippen LogP contribution in [0.1, 0.15) is 55.7 Å². The van der Waals surface area contributed by atoms with Crippen molar-refractivity contribution in [2.75, 3.05) is 26.7 Å². The molecule has 4 amide bonds. The van der Waals surface area contributed by atoms with E-state index in [0.29, 0.717) is 24.4 Å². The number of halogens is 1. The van der Waals surface area contributed by atoms with Crippen molar-refractivity contribution in [3.05, 3.63) is 70.2 Å². The summed E-state index contributed by atoms with van der Waals surface area (Å²) < 4.78 is 0. The predicted molar refractivity (Wildman–Crippen MR) is 170 cm³/mol. The maximum Gasteiger partial charge on any atom is 0.247 e. The monoisotopic (exact) mass is 621 g/mol. The van der Waals surface area contributed by atoms with Crippen molar-refractivity contribution in [3.63, 3.8) is 0 Å². The van der Waals surface area contributed by atoms with Crippen molar-refractivity contribution in [2.24, 2.45) is 5.92 Å². The first-order chi connectivity index (χ1) is 21.2. The Balaban J connectivity index is 1.44. The lowest BCUT2D eigenvalue weighted by molar-refractivity contribution is -0.156. The Kier molecular flexibility index (Phi) is 10.3. The van der Waals surface area contributed by atoms with Gasteiger partial charge in [0.25, 0.3) is 0 Å². The van der Waals surface area contributed by atoms with Crippen LogP contribution in [0.4, 0.5) is 0 Å². The van der Waals surface area contributed by atoms with Crippen LogP contribution in [0.15, 0.2) is 48.5 Å². The molecule has 4 atom stereocenters. The summed E-state index contributed by atoms with van der Waals surface area (Å²) in [6.07, 6.45) is 5.11. The van der Waals surface area contributed by atoms with Gasteiger partial charge < -0.3 is 25.3 Å². The van der Waals surface area contributed by atoms with Gasteiger partial charge in [0.15, 0.2) is 0 Å². The first-order valence-electron chi connectivity index (χ1n) is 15.8. The third-order valence-electron chi connectivity index (χ3n) is 9.54. The minimum absolute atomic E-state index is 0.00156. The largest absolute Gasteiger partial charge is 0.343 e. The standard InChI is InChI=1S/C34H44ClN5O4/c1-22-13-15-24(16-14-22)19-28-33(43)38(18-17-25-9-7-8-12-27(25)35)20-29-39(21-30(41)40(28)29)34(44)31(26-10-5-4-6-11-26)37-32(42)23(2)36-3/h7-9,12-16,23,26,28-29,31,36H,4-6,10-11,17-21H2,1-3H3,(H,37,42). The fourth-order valence-corrected chi connectivity index (χ4v) is 7.02. The molecule has 2 aliphatic heterocycles. The van der Waals surface area contributed by atoms with Crippen LogP contribution >= 0.6 is 11.6 Å². The number of carbonyl (C=O) groups excluding carboxylic acids is 4. The van der Waals surface area contributed by atoms with E-state index in [9.17, 15) is 19.2 Å². The number of carbonyl (C=O) groups is 4. The first kappa shape index (κ1) is 32.0. The Hall–Kier alpha value is -3.43. The van der Waals surface area contributed by atoms with Crippen molar-refractivity contribution >= 4 is 35.2 Å². The smallest absolute Gasteiger partial charge is 0.247 e. The molecule has 2 saturated heterocycles. The second-order valence-electron chi connectivity index (χ2n) is 12.5. The molecule has 0 bridgehead atoms. The molecule has 10 heteroatoms. The summed E-state index contributed by atoms with van der Waals surface area (Å²) in [5.74, 6) is -0.855. The lowest BCUT2D eigenvalue weighted by Crippen LogP contribution is -2.66. The normalized spacial score (nSPS) is 22.1. The molecule has 9 nitrogen and oxygen atoms in total. The van der Waals surface area contributed by atoms with Gasteiger partial charge in [0.05, 0.1) is 12.6 Å². The van der Waals surface area contributed by atoms with Crippen LogP contribution in [0.25, 0.3) is 0 Å². The van der Waals surface area contributed by atoms with Crippen LogP contribution in [-0.4, -0.2) is 89.3 Å². The van der Waals surface area contributed by atoms with E-state index in [1.165, 1.54) is 0 Å². The molecule has 2 N–H and O–H groups in total. The number of fused-ring (bicyclic) bond motifs is 1. The number of amides is 4. The molecule has 44 heavy (non-hydrogen) atoms. The summed E-state index contributed by atoms with van der Waals surface area (Å²) in [5.41, 5.74) is 3.00. The van der Waals surface area contributed by atoms with Gasteiger partial charge in [-0.1, -0.05) is 78.9 Å². The fourth-order valence-electron chi connectivity index (χ4n) is 6.79. The molecule has 5 rings (SSSR count). The van der Waals surface area contributed by atoms with E-state index in [1.807, 2.05) is 55.5 Å². The van der Waals surface area contributed by atoms with Gasteiger partial charge in [-0.15, -0.1) is 0 Å². The van der Waals surface area contributed by atoms with E-state index in [4.69, 9.17) is 11.6 Å². The molecule has 2 aromatic carbocycles. The van der Waals surface area contributed by atoms with Crippen LogP contribution in [0.3, 0.4) is 0 Å². The van der Waals surface area contributed by atoms with Crippen molar-refractivity contribution in [3.8, 4) is 0 Å². The zero-order chi connectivity index (χ0) is 31.4. The van der Waals surface area contributed by atoms with Gasteiger partial charge in [-0.25, -0.2) is 0 Å². The SMILES string of the molecule is CNC(C)C(=O)NC(C(=O)N1CC(=O)N2C(Cc3ccc(C)cc3)C(=O)N(CCc3ccccc3Cl)CC12)C1CCCCC1. The van der Waals surface area contributed by atoms with Gasteiger partial charge in [-0.2, -0.15) is 0 Å². The molecule has 4 unspecified atom stereocenters. The molecule has 3 fully saturated rings. The summed E-state index contributed by atoms with van der Waals surface area (Å²) in [5, 5.41) is 6.63. The molecule has 236 valence electrons. The van der Waals surface area contributed by atoms with Gasteiger partial charge in [0.1, 0.15) is 24.8 Å². The van der Waals surface area contributed by atoms with Crippen molar-refractivity contribution < 1.29 is 19.2 Å². The molecule has 0 spiro atoms. The predicted octanol–water partition coefficient (Wildman–Crippen LogP) is 3.31. The lowest BCUT2D eigenvalue weighted by atomic mass is 9.83. The zero-order valence-electron chi connectivity index (χ0n) is 25.9. The van der Waals surface area contributed by atoms with E-state index in [2.05, 4.69) is 10.6 Å². The number of benzene rings is 2. The fraction of sp³-hybridized carbons (Fsp3) is 0.529.